The Morgan fingerprint density at radius 3 is 3.20 bits per heavy atom. The van der Waals surface area contributed by atoms with Gasteiger partial charge in [0, 0.05) is 11.6 Å². The molecule has 0 aromatic carbocycles. The van der Waals surface area contributed by atoms with Crippen LogP contribution in [-0.2, 0) is 0 Å². The smallest absolute Gasteiger partial charge is 0.143 e. The highest BCUT2D eigenvalue weighted by Gasteiger charge is 1.97. The van der Waals surface area contributed by atoms with E-state index in [9.17, 15) is 0 Å². The minimum atomic E-state index is 1.03. The summed E-state index contributed by atoms with van der Waals surface area (Å²) in [5.41, 5.74) is 1.25. The van der Waals surface area contributed by atoms with E-state index in [0.29, 0.717) is 0 Å². The Morgan fingerprint density at radius 1 is 1.50 bits per heavy atom. The van der Waals surface area contributed by atoms with Crippen molar-refractivity contribution in [3.63, 3.8) is 0 Å². The summed E-state index contributed by atoms with van der Waals surface area (Å²) in [6.45, 7) is 2.07. The second-order valence-corrected chi connectivity index (χ2v) is 2.95. The van der Waals surface area contributed by atoms with Crippen LogP contribution in [0.15, 0.2) is 18.5 Å². The zero-order valence-electron chi connectivity index (χ0n) is 5.53. The second kappa shape index (κ2) is 2.02. The molecule has 0 unspecified atom stereocenters. The second-order valence-electron chi connectivity index (χ2n) is 2.17. The number of hydrogen-bond acceptors (Lipinski definition) is 3. The van der Waals surface area contributed by atoms with Gasteiger partial charge < -0.3 is 0 Å². The Labute approximate surface area is 62.7 Å². The van der Waals surface area contributed by atoms with E-state index in [1.54, 1.807) is 0 Å². The largest absolute Gasteiger partial charge is 0.244 e. The van der Waals surface area contributed by atoms with Gasteiger partial charge in [-0.05, 0) is 30.1 Å². The summed E-state index contributed by atoms with van der Waals surface area (Å²) in [5.74, 6) is 0. The summed E-state index contributed by atoms with van der Waals surface area (Å²) >= 11 is 1.44. The lowest BCUT2D eigenvalue weighted by molar-refractivity contribution is 1.39. The molecule has 0 bridgehead atoms. The SMILES string of the molecule is Cc1ccnc2sncc12. The molecule has 0 amide bonds. The van der Waals surface area contributed by atoms with Gasteiger partial charge in [0.15, 0.2) is 0 Å². The van der Waals surface area contributed by atoms with Crippen LogP contribution in [-0.4, -0.2) is 9.36 Å². The summed E-state index contributed by atoms with van der Waals surface area (Å²) in [7, 11) is 0. The normalized spacial score (nSPS) is 10.5. The molecule has 0 saturated carbocycles. The molecule has 0 radical (unpaired) electrons. The van der Waals surface area contributed by atoms with E-state index >= 15 is 0 Å². The molecule has 2 aromatic rings. The molecule has 0 N–H and O–H groups in total. The molecule has 0 saturated heterocycles. The predicted molar refractivity (Wildman–Crippen MR) is 42.2 cm³/mol. The first-order chi connectivity index (χ1) is 4.88. The van der Waals surface area contributed by atoms with E-state index < -0.39 is 0 Å². The van der Waals surface area contributed by atoms with Gasteiger partial charge in [-0.3, -0.25) is 0 Å². The van der Waals surface area contributed by atoms with Gasteiger partial charge in [-0.25, -0.2) is 4.98 Å². The number of aryl methyl sites for hydroxylation is 1. The van der Waals surface area contributed by atoms with Crippen LogP contribution in [0.25, 0.3) is 10.2 Å². The van der Waals surface area contributed by atoms with Gasteiger partial charge in [0.1, 0.15) is 4.83 Å². The van der Waals surface area contributed by atoms with Gasteiger partial charge in [-0.15, -0.1) is 0 Å². The molecular formula is C7H6N2S. The number of hydrogen-bond donors (Lipinski definition) is 0. The molecule has 0 fully saturated rings. The van der Waals surface area contributed by atoms with Gasteiger partial charge in [-0.1, -0.05) is 0 Å². The van der Waals surface area contributed by atoms with Crippen molar-refractivity contribution in [2.24, 2.45) is 0 Å². The fourth-order valence-electron chi connectivity index (χ4n) is 0.904. The highest BCUT2D eigenvalue weighted by atomic mass is 32.1. The Bertz CT molecular complexity index is 353. The number of rotatable bonds is 0. The third-order valence-corrected chi connectivity index (χ3v) is 2.20. The van der Waals surface area contributed by atoms with Crippen LogP contribution in [0.5, 0.6) is 0 Å². The fourth-order valence-corrected chi connectivity index (χ4v) is 1.58. The number of aromatic nitrogens is 2. The molecular weight excluding hydrogens is 144 g/mol. The third-order valence-electron chi connectivity index (χ3n) is 1.49. The van der Waals surface area contributed by atoms with Crippen molar-refractivity contribution >= 4 is 21.7 Å². The Morgan fingerprint density at radius 2 is 2.40 bits per heavy atom. The van der Waals surface area contributed by atoms with Crippen LogP contribution >= 0.6 is 11.5 Å². The third kappa shape index (κ3) is 0.708. The molecule has 2 nitrogen and oxygen atoms in total. The van der Waals surface area contributed by atoms with Crippen molar-refractivity contribution in [3.8, 4) is 0 Å². The molecule has 0 aliphatic rings. The lowest BCUT2D eigenvalue weighted by Gasteiger charge is -1.89. The highest BCUT2D eigenvalue weighted by Crippen LogP contribution is 2.17. The average Bonchev–Trinajstić information content (AvgIpc) is 2.36. The lowest BCUT2D eigenvalue weighted by Crippen LogP contribution is -1.74. The maximum absolute atomic E-state index is 4.16. The lowest BCUT2D eigenvalue weighted by atomic mass is 10.2. The molecule has 0 aliphatic heterocycles. The van der Waals surface area contributed by atoms with Crippen LogP contribution in [0.4, 0.5) is 0 Å². The average molecular weight is 150 g/mol. The predicted octanol–water partition coefficient (Wildman–Crippen LogP) is 2.00. The Balaban J connectivity index is 2.95. The first kappa shape index (κ1) is 5.80. The van der Waals surface area contributed by atoms with E-state index in [1.165, 1.54) is 22.5 Å². The first-order valence-corrected chi connectivity index (χ1v) is 3.81. The standard InChI is InChI=1S/C7H6N2S/c1-5-2-3-8-7-6(5)4-9-10-7/h2-4H,1H3. The number of pyridine rings is 1. The van der Waals surface area contributed by atoms with Crippen molar-refractivity contribution in [1.29, 1.82) is 0 Å². The first-order valence-electron chi connectivity index (χ1n) is 3.04. The van der Waals surface area contributed by atoms with Crippen molar-refractivity contribution in [2.75, 3.05) is 0 Å². The maximum atomic E-state index is 4.16. The minimum Gasteiger partial charge on any atom is -0.244 e. The molecule has 2 aromatic heterocycles. The van der Waals surface area contributed by atoms with Crippen LogP contribution in [0.2, 0.25) is 0 Å². The van der Waals surface area contributed by atoms with Gasteiger partial charge in [0.05, 0.1) is 6.20 Å². The van der Waals surface area contributed by atoms with Gasteiger partial charge in [0.25, 0.3) is 0 Å². The summed E-state index contributed by atoms with van der Waals surface area (Å²) < 4.78 is 4.04. The van der Waals surface area contributed by atoms with E-state index in [0.717, 1.165) is 4.83 Å². The van der Waals surface area contributed by atoms with Gasteiger partial charge >= 0.3 is 0 Å². The van der Waals surface area contributed by atoms with Crippen LogP contribution in [0, 0.1) is 6.92 Å². The molecule has 3 heteroatoms. The molecule has 0 aliphatic carbocycles. The molecule has 50 valence electrons. The quantitative estimate of drug-likeness (QED) is 0.574. The van der Waals surface area contributed by atoms with Gasteiger partial charge in [0.2, 0.25) is 0 Å². The summed E-state index contributed by atoms with van der Waals surface area (Å²) in [6, 6.07) is 2.00. The van der Waals surface area contributed by atoms with Crippen molar-refractivity contribution in [2.45, 2.75) is 6.92 Å². The zero-order chi connectivity index (χ0) is 6.97. The maximum Gasteiger partial charge on any atom is 0.143 e. The van der Waals surface area contributed by atoms with E-state index in [4.69, 9.17) is 0 Å². The number of fused-ring (bicyclic) bond motifs is 1. The molecule has 2 rings (SSSR count). The zero-order valence-corrected chi connectivity index (χ0v) is 6.35. The van der Waals surface area contributed by atoms with E-state index in [-0.39, 0.29) is 0 Å². The number of nitrogens with zero attached hydrogens (tertiary/aromatic N) is 2. The van der Waals surface area contributed by atoms with Crippen LogP contribution < -0.4 is 0 Å². The Hall–Kier alpha value is -0.960. The molecule has 2 heterocycles. The highest BCUT2D eigenvalue weighted by molar-refractivity contribution is 7.12. The van der Waals surface area contributed by atoms with E-state index in [2.05, 4.69) is 16.3 Å². The molecule has 0 spiro atoms. The summed E-state index contributed by atoms with van der Waals surface area (Å²) in [4.78, 5) is 5.19. The Kier molecular flexibility index (Phi) is 1.17. The van der Waals surface area contributed by atoms with Crippen LogP contribution in [0.3, 0.4) is 0 Å². The fraction of sp³-hybridized carbons (Fsp3) is 0.143. The van der Waals surface area contributed by atoms with Crippen molar-refractivity contribution < 1.29 is 0 Å². The van der Waals surface area contributed by atoms with Crippen molar-refractivity contribution in [1.82, 2.24) is 9.36 Å². The summed E-state index contributed by atoms with van der Waals surface area (Å²) in [6.07, 6.45) is 3.68. The monoisotopic (exact) mass is 150 g/mol. The summed E-state index contributed by atoms with van der Waals surface area (Å²) in [5, 5.41) is 1.17. The topological polar surface area (TPSA) is 25.8 Å². The van der Waals surface area contributed by atoms with Crippen molar-refractivity contribution in [3.05, 3.63) is 24.0 Å². The van der Waals surface area contributed by atoms with Crippen LogP contribution in [0.1, 0.15) is 5.56 Å². The molecule has 0 atom stereocenters. The van der Waals surface area contributed by atoms with Gasteiger partial charge in [-0.2, -0.15) is 4.37 Å². The molecule has 10 heavy (non-hydrogen) atoms. The minimum absolute atomic E-state index is 1.03. The van der Waals surface area contributed by atoms with E-state index in [1.807, 2.05) is 18.5 Å².